The number of carbonyl (C=O) groups is 1. The number of halogens is 3. The fraction of sp³-hybridized carbons (Fsp3) is 0.533. The minimum atomic E-state index is -5.80. The predicted octanol–water partition coefficient (Wildman–Crippen LogP) is 2.93. The molecule has 0 bridgehead atoms. The van der Waals surface area contributed by atoms with Crippen LogP contribution in [0.3, 0.4) is 0 Å². The third-order valence-corrected chi connectivity index (χ3v) is 8.41. The zero-order chi connectivity index (χ0) is 20.7. The molecule has 0 aliphatic rings. The van der Waals surface area contributed by atoms with Crippen molar-refractivity contribution in [3.63, 3.8) is 0 Å². The van der Waals surface area contributed by atoms with E-state index in [0.717, 1.165) is 0 Å². The Labute approximate surface area is 153 Å². The highest BCUT2D eigenvalue weighted by molar-refractivity contribution is 7.88. The molecule has 148 valence electrons. The van der Waals surface area contributed by atoms with E-state index in [-0.39, 0.29) is 11.5 Å². The second-order valence-corrected chi connectivity index (χ2v) is 19.5. The average Bonchev–Trinajstić information content (AvgIpc) is 2.35. The molecule has 0 atom stereocenters. The van der Waals surface area contributed by atoms with E-state index in [0.29, 0.717) is 10.4 Å². The highest BCUT2D eigenvalue weighted by Crippen LogP contribution is 2.29. The molecule has 0 saturated carbocycles. The lowest BCUT2D eigenvalue weighted by Crippen LogP contribution is -2.45. The van der Waals surface area contributed by atoms with Crippen molar-refractivity contribution in [3.05, 3.63) is 12.1 Å². The molecule has 0 saturated heterocycles. The summed E-state index contributed by atoms with van der Waals surface area (Å²) in [5.41, 5.74) is -5.53. The van der Waals surface area contributed by atoms with E-state index < -0.39 is 37.7 Å². The van der Waals surface area contributed by atoms with Crippen LogP contribution in [0.4, 0.5) is 13.2 Å². The van der Waals surface area contributed by atoms with E-state index in [1.54, 1.807) is 0 Å². The maximum atomic E-state index is 12.8. The maximum Gasteiger partial charge on any atom is 0.534 e. The molecule has 0 unspecified atom stereocenters. The van der Waals surface area contributed by atoms with Gasteiger partial charge in [0.05, 0.1) is 16.1 Å². The molecule has 0 aromatic heterocycles. The number of hydrogen-bond acceptors (Lipinski definition) is 5. The summed E-state index contributed by atoms with van der Waals surface area (Å²) in [5.74, 6) is -0.678. The summed E-state index contributed by atoms with van der Waals surface area (Å²) in [6.45, 7) is 12.4. The van der Waals surface area contributed by atoms with Gasteiger partial charge in [-0.3, -0.25) is 4.79 Å². The van der Waals surface area contributed by atoms with Crippen LogP contribution in [0.1, 0.15) is 6.92 Å². The summed E-state index contributed by atoms with van der Waals surface area (Å²) in [4.78, 5) is 11.4. The van der Waals surface area contributed by atoms with Crippen LogP contribution in [0.25, 0.3) is 0 Å². The zero-order valence-corrected chi connectivity index (χ0v) is 18.6. The van der Waals surface area contributed by atoms with E-state index in [2.05, 4.69) is 4.18 Å². The molecular weight excluding hydrogens is 405 g/mol. The van der Waals surface area contributed by atoms with Crippen LogP contribution in [-0.2, 0) is 14.9 Å². The average molecular weight is 429 g/mol. The van der Waals surface area contributed by atoms with E-state index >= 15 is 0 Å². The number of ether oxygens (including phenoxy) is 1. The monoisotopic (exact) mass is 428 g/mol. The largest absolute Gasteiger partial charge is 0.534 e. The second kappa shape index (κ2) is 7.00. The molecule has 0 aliphatic carbocycles. The number of alkyl halides is 3. The smallest absolute Gasteiger partial charge is 0.427 e. The minimum absolute atomic E-state index is 0.242. The molecule has 0 heterocycles. The molecule has 1 aromatic carbocycles. The van der Waals surface area contributed by atoms with Gasteiger partial charge in [-0.1, -0.05) is 39.3 Å². The Morgan fingerprint density at radius 1 is 0.923 bits per heavy atom. The van der Waals surface area contributed by atoms with Gasteiger partial charge in [0.25, 0.3) is 0 Å². The van der Waals surface area contributed by atoms with Crippen LogP contribution < -0.4 is 19.3 Å². The van der Waals surface area contributed by atoms with Crippen molar-refractivity contribution in [2.45, 2.75) is 51.7 Å². The van der Waals surface area contributed by atoms with Gasteiger partial charge >= 0.3 is 21.6 Å². The Morgan fingerprint density at radius 2 is 1.31 bits per heavy atom. The molecule has 1 aromatic rings. The molecule has 5 nitrogen and oxygen atoms in total. The molecule has 0 spiro atoms. The first-order chi connectivity index (χ1) is 11.4. The van der Waals surface area contributed by atoms with E-state index in [9.17, 15) is 26.4 Å². The summed E-state index contributed by atoms with van der Waals surface area (Å²) in [7, 11) is -10.3. The first-order valence-electron chi connectivity index (χ1n) is 7.74. The summed E-state index contributed by atoms with van der Waals surface area (Å²) >= 11 is 0. The van der Waals surface area contributed by atoms with Crippen molar-refractivity contribution < 1.29 is 35.3 Å². The molecule has 1 rings (SSSR count). The highest BCUT2D eigenvalue weighted by atomic mass is 32.2. The van der Waals surface area contributed by atoms with Crippen molar-refractivity contribution in [2.24, 2.45) is 0 Å². The zero-order valence-electron chi connectivity index (χ0n) is 15.7. The lowest BCUT2D eigenvalue weighted by Gasteiger charge is -2.27. The number of rotatable bonds is 5. The fourth-order valence-corrected chi connectivity index (χ4v) is 5.60. The van der Waals surface area contributed by atoms with Crippen LogP contribution in [-0.4, -0.2) is 36.0 Å². The van der Waals surface area contributed by atoms with Gasteiger partial charge in [0.15, 0.2) is 0 Å². The molecular formula is C15H23F3O5SSi2. The SMILES string of the molecule is CC(=O)Oc1cc([Si](C)(C)C)c(OS(=O)(=O)C(F)(F)F)cc1[Si](C)(C)C. The molecule has 0 radical (unpaired) electrons. The summed E-state index contributed by atoms with van der Waals surface area (Å²) in [6, 6.07) is 2.73. The van der Waals surface area contributed by atoms with Gasteiger partial charge in [0.2, 0.25) is 0 Å². The standard InChI is InChI=1S/C15H23F3O5SSi2/c1-10(19)22-11-8-14(26(5,6)7)12(9-13(11)25(2,3)4)23-24(20,21)15(16,17)18/h8-9H,1-7H3. The van der Waals surface area contributed by atoms with Crippen molar-refractivity contribution in [1.29, 1.82) is 0 Å². The Bertz CT molecular complexity index is 806. The third-order valence-electron chi connectivity index (χ3n) is 3.43. The molecule has 0 fully saturated rings. The summed E-state index contributed by atoms with van der Waals surface area (Å²) in [5, 5.41) is 0.825. The van der Waals surface area contributed by atoms with E-state index in [1.807, 2.05) is 39.3 Å². The van der Waals surface area contributed by atoms with Crippen molar-refractivity contribution in [3.8, 4) is 11.5 Å². The third kappa shape index (κ3) is 5.33. The number of hydrogen-bond donors (Lipinski definition) is 0. The topological polar surface area (TPSA) is 69.7 Å². The van der Waals surface area contributed by atoms with Crippen LogP contribution in [0.15, 0.2) is 12.1 Å². The first-order valence-corrected chi connectivity index (χ1v) is 16.2. The summed E-state index contributed by atoms with van der Waals surface area (Å²) < 4.78 is 71.1. The molecule has 26 heavy (non-hydrogen) atoms. The summed E-state index contributed by atoms with van der Waals surface area (Å²) in [6.07, 6.45) is 0. The van der Waals surface area contributed by atoms with Gasteiger partial charge in [-0.05, 0) is 22.5 Å². The lowest BCUT2D eigenvalue weighted by molar-refractivity contribution is -0.131. The second-order valence-electron chi connectivity index (χ2n) is 7.92. The normalized spacial score (nSPS) is 13.5. The van der Waals surface area contributed by atoms with Crippen LogP contribution in [0.5, 0.6) is 11.5 Å². The van der Waals surface area contributed by atoms with Gasteiger partial charge in [0.1, 0.15) is 11.5 Å². The maximum absolute atomic E-state index is 12.8. The first kappa shape index (κ1) is 22.7. The minimum Gasteiger partial charge on any atom is -0.427 e. The fourth-order valence-electron chi connectivity index (χ4n) is 2.21. The van der Waals surface area contributed by atoms with Crippen molar-refractivity contribution in [1.82, 2.24) is 0 Å². The van der Waals surface area contributed by atoms with Crippen LogP contribution >= 0.6 is 0 Å². The Morgan fingerprint density at radius 3 is 1.65 bits per heavy atom. The van der Waals surface area contributed by atoms with Crippen molar-refractivity contribution >= 4 is 42.6 Å². The molecule has 0 aliphatic heterocycles. The van der Waals surface area contributed by atoms with Gasteiger partial charge in [-0.25, -0.2) is 0 Å². The molecule has 0 amide bonds. The van der Waals surface area contributed by atoms with E-state index in [4.69, 9.17) is 4.74 Å². The van der Waals surface area contributed by atoms with Gasteiger partial charge < -0.3 is 8.92 Å². The van der Waals surface area contributed by atoms with Crippen molar-refractivity contribution in [2.75, 3.05) is 0 Å². The Kier molecular flexibility index (Phi) is 6.11. The Balaban J connectivity index is 3.75. The number of benzene rings is 1. The lowest BCUT2D eigenvalue weighted by atomic mass is 10.3. The highest BCUT2D eigenvalue weighted by Gasteiger charge is 2.49. The van der Waals surface area contributed by atoms with Gasteiger partial charge in [-0.15, -0.1) is 0 Å². The molecule has 0 N–H and O–H groups in total. The van der Waals surface area contributed by atoms with Crippen LogP contribution in [0, 0.1) is 0 Å². The number of esters is 1. The van der Waals surface area contributed by atoms with Gasteiger partial charge in [0, 0.05) is 6.92 Å². The van der Waals surface area contributed by atoms with Gasteiger partial charge in [-0.2, -0.15) is 21.6 Å². The van der Waals surface area contributed by atoms with Crippen LogP contribution in [0.2, 0.25) is 39.3 Å². The van der Waals surface area contributed by atoms with E-state index in [1.165, 1.54) is 19.1 Å². The number of carbonyl (C=O) groups excluding carboxylic acids is 1. The molecule has 11 heteroatoms. The Hall–Kier alpha value is -1.34. The predicted molar refractivity (Wildman–Crippen MR) is 99.3 cm³/mol. The quantitative estimate of drug-likeness (QED) is 0.237.